The van der Waals surface area contributed by atoms with Gasteiger partial charge < -0.3 is 14.2 Å². The van der Waals surface area contributed by atoms with Gasteiger partial charge in [-0.25, -0.2) is 36.9 Å². The molecule has 0 radical (unpaired) electrons. The average molecular weight is 689 g/mol. The number of rotatable bonds is 9. The van der Waals surface area contributed by atoms with Crippen LogP contribution in [0.1, 0.15) is 17.2 Å². The number of anilines is 1. The van der Waals surface area contributed by atoms with E-state index in [1.54, 1.807) is 0 Å². The van der Waals surface area contributed by atoms with Crippen molar-refractivity contribution in [2.75, 3.05) is 25.0 Å². The number of nitrogens with one attached hydrogen (secondary N) is 1. The van der Waals surface area contributed by atoms with Gasteiger partial charge in [-0.1, -0.05) is 60.7 Å². The van der Waals surface area contributed by atoms with E-state index in [2.05, 4.69) is 20.3 Å². The largest absolute Gasteiger partial charge is 0.436 e. The monoisotopic (exact) mass is 688 g/mol. The standard InChI is InChI=1S/C31H25FN8O8S/c32-22-11-12-24(23(15-22)40(44)45)49(46,47)39-14-13-37(17-26(39)42)25(41)16-38-19-35-27-29(33-18-34-30(27)38)36-31(43)48-28(20-7-3-1-4-8-20)21-9-5-2-6-10-21/h1-12,15,18-19,28H,13-14,16-17H2,(H,33,34,36,43). The summed E-state index contributed by atoms with van der Waals surface area (Å²) in [6.45, 7) is -1.71. The molecule has 1 fully saturated rings. The maximum absolute atomic E-state index is 13.6. The first-order chi connectivity index (χ1) is 23.5. The highest BCUT2D eigenvalue weighted by Gasteiger charge is 2.39. The molecular weight excluding hydrogens is 663 g/mol. The van der Waals surface area contributed by atoms with Gasteiger partial charge in [0.1, 0.15) is 25.2 Å². The maximum Gasteiger partial charge on any atom is 0.413 e. The van der Waals surface area contributed by atoms with E-state index in [0.29, 0.717) is 16.4 Å². The Morgan fingerprint density at radius 1 is 0.980 bits per heavy atom. The summed E-state index contributed by atoms with van der Waals surface area (Å²) in [6, 6.07) is 20.2. The van der Waals surface area contributed by atoms with Crippen LogP contribution in [-0.4, -0.2) is 79.6 Å². The number of nitro benzene ring substituents is 1. The van der Waals surface area contributed by atoms with Crippen LogP contribution in [0.4, 0.5) is 20.7 Å². The third-order valence-electron chi connectivity index (χ3n) is 7.57. The Bertz CT molecular complexity index is 2140. The van der Waals surface area contributed by atoms with Crippen LogP contribution in [0.3, 0.4) is 0 Å². The lowest BCUT2D eigenvalue weighted by Gasteiger charge is -2.33. The summed E-state index contributed by atoms with van der Waals surface area (Å²) >= 11 is 0. The molecule has 1 saturated heterocycles. The number of amides is 3. The number of hydrogen-bond donors (Lipinski definition) is 1. The van der Waals surface area contributed by atoms with E-state index < -0.39 is 68.4 Å². The molecule has 3 heterocycles. The van der Waals surface area contributed by atoms with Crippen LogP contribution in [0.5, 0.6) is 0 Å². The second-order valence-corrected chi connectivity index (χ2v) is 12.5. The van der Waals surface area contributed by atoms with Crippen LogP contribution >= 0.6 is 0 Å². The maximum atomic E-state index is 13.6. The number of carbonyl (C=O) groups excluding carboxylic acids is 3. The van der Waals surface area contributed by atoms with Crippen molar-refractivity contribution in [1.82, 2.24) is 28.7 Å². The van der Waals surface area contributed by atoms with Crippen molar-refractivity contribution in [3.8, 4) is 0 Å². The average Bonchev–Trinajstić information content (AvgIpc) is 3.51. The van der Waals surface area contributed by atoms with Crippen molar-refractivity contribution in [3.05, 3.63) is 119 Å². The molecule has 0 bridgehead atoms. The summed E-state index contributed by atoms with van der Waals surface area (Å²) in [5.41, 5.74) is 0.796. The number of carbonyl (C=O) groups is 3. The van der Waals surface area contributed by atoms with Gasteiger partial charge in [-0.2, -0.15) is 0 Å². The zero-order valence-corrected chi connectivity index (χ0v) is 26.1. The van der Waals surface area contributed by atoms with Gasteiger partial charge >= 0.3 is 6.09 Å². The predicted octanol–water partition coefficient (Wildman–Crippen LogP) is 3.27. The summed E-state index contributed by atoms with van der Waals surface area (Å²) in [5.74, 6) is -2.60. The minimum absolute atomic E-state index is 0.0185. The number of piperazine rings is 1. The van der Waals surface area contributed by atoms with Crippen LogP contribution in [0.15, 0.2) is 96.4 Å². The predicted molar refractivity (Wildman–Crippen MR) is 169 cm³/mol. The van der Waals surface area contributed by atoms with Crippen LogP contribution in [0, 0.1) is 15.9 Å². The van der Waals surface area contributed by atoms with E-state index in [4.69, 9.17) is 4.74 Å². The fourth-order valence-corrected chi connectivity index (χ4v) is 6.77. The van der Waals surface area contributed by atoms with Gasteiger partial charge in [-0.15, -0.1) is 0 Å². The Kier molecular flexibility index (Phi) is 8.95. The van der Waals surface area contributed by atoms with Crippen molar-refractivity contribution in [1.29, 1.82) is 0 Å². The molecule has 0 atom stereocenters. The lowest BCUT2D eigenvalue weighted by molar-refractivity contribution is -0.388. The molecule has 0 unspecified atom stereocenters. The summed E-state index contributed by atoms with van der Waals surface area (Å²) < 4.78 is 47.4. The van der Waals surface area contributed by atoms with Crippen molar-refractivity contribution in [2.24, 2.45) is 0 Å². The van der Waals surface area contributed by atoms with E-state index in [-0.39, 0.29) is 30.1 Å². The molecule has 1 N–H and O–H groups in total. The number of aromatic nitrogens is 4. The van der Waals surface area contributed by atoms with Crippen molar-refractivity contribution in [2.45, 2.75) is 17.5 Å². The highest BCUT2D eigenvalue weighted by Crippen LogP contribution is 2.29. The fraction of sp³-hybridized carbons (Fsp3) is 0.161. The van der Waals surface area contributed by atoms with E-state index in [9.17, 15) is 37.3 Å². The number of benzene rings is 3. The van der Waals surface area contributed by atoms with Gasteiger partial charge in [0.05, 0.1) is 23.9 Å². The Labute approximate surface area is 277 Å². The first kappa shape index (κ1) is 32.6. The molecule has 250 valence electrons. The molecular formula is C31H25FN8O8S. The molecule has 1 aliphatic heterocycles. The molecule has 0 aliphatic carbocycles. The number of nitrogens with zero attached hydrogens (tertiary/aromatic N) is 7. The fourth-order valence-electron chi connectivity index (χ4n) is 5.25. The lowest BCUT2D eigenvalue weighted by Crippen LogP contribution is -2.54. The Morgan fingerprint density at radius 2 is 1.65 bits per heavy atom. The quantitative estimate of drug-likeness (QED) is 0.176. The summed E-state index contributed by atoms with van der Waals surface area (Å²) in [5, 5.41) is 14.0. The molecule has 0 saturated carbocycles. The second-order valence-electron chi connectivity index (χ2n) is 10.7. The highest BCUT2D eigenvalue weighted by atomic mass is 32.2. The number of ether oxygens (including phenoxy) is 1. The smallest absolute Gasteiger partial charge is 0.413 e. The van der Waals surface area contributed by atoms with Crippen LogP contribution in [0.2, 0.25) is 0 Å². The lowest BCUT2D eigenvalue weighted by atomic mass is 10.0. The molecule has 2 aromatic heterocycles. The minimum atomic E-state index is -4.73. The molecule has 3 amide bonds. The number of hydrogen-bond acceptors (Lipinski definition) is 11. The van der Waals surface area contributed by atoms with Gasteiger partial charge in [0.25, 0.3) is 21.6 Å². The molecule has 0 spiro atoms. The topological polar surface area (TPSA) is 200 Å². The number of sulfonamides is 1. The molecule has 49 heavy (non-hydrogen) atoms. The Morgan fingerprint density at radius 3 is 2.29 bits per heavy atom. The highest BCUT2D eigenvalue weighted by molar-refractivity contribution is 7.89. The van der Waals surface area contributed by atoms with E-state index in [1.165, 1.54) is 10.9 Å². The number of nitro groups is 1. The van der Waals surface area contributed by atoms with Crippen molar-refractivity contribution < 1.29 is 36.9 Å². The first-order valence-corrected chi connectivity index (χ1v) is 16.0. The van der Waals surface area contributed by atoms with Crippen molar-refractivity contribution >= 4 is 50.6 Å². The Balaban J connectivity index is 1.14. The van der Waals surface area contributed by atoms with E-state index in [0.717, 1.165) is 28.4 Å². The van der Waals surface area contributed by atoms with Gasteiger partial charge in [0, 0.05) is 6.54 Å². The zero-order chi connectivity index (χ0) is 34.7. The molecule has 6 rings (SSSR count). The van der Waals surface area contributed by atoms with E-state index in [1.807, 2.05) is 60.7 Å². The zero-order valence-electron chi connectivity index (χ0n) is 25.2. The molecule has 18 heteroatoms. The molecule has 1 aliphatic rings. The van der Waals surface area contributed by atoms with E-state index >= 15 is 0 Å². The third kappa shape index (κ3) is 6.75. The molecule has 5 aromatic rings. The van der Waals surface area contributed by atoms with Gasteiger partial charge in [0.15, 0.2) is 28.0 Å². The summed E-state index contributed by atoms with van der Waals surface area (Å²) in [7, 11) is -4.73. The summed E-state index contributed by atoms with van der Waals surface area (Å²) in [4.78, 5) is 62.3. The van der Waals surface area contributed by atoms with Crippen LogP contribution < -0.4 is 5.32 Å². The number of imidazole rings is 1. The first-order valence-electron chi connectivity index (χ1n) is 14.5. The SMILES string of the molecule is O=C(Nc1ncnc2c1ncn2CC(=O)N1CCN(S(=O)(=O)c2ccc(F)cc2[N+](=O)[O-])C(=O)C1)OC(c1ccccc1)c1ccccc1. The second kappa shape index (κ2) is 13.4. The van der Waals surface area contributed by atoms with Crippen LogP contribution in [0.25, 0.3) is 11.2 Å². The Hall–Kier alpha value is -6.30. The normalized spacial score (nSPS) is 13.5. The number of halogens is 1. The van der Waals surface area contributed by atoms with Gasteiger partial charge in [-0.05, 0) is 23.3 Å². The van der Waals surface area contributed by atoms with Crippen LogP contribution in [-0.2, 0) is 30.9 Å². The van der Waals surface area contributed by atoms with Crippen molar-refractivity contribution in [3.63, 3.8) is 0 Å². The minimum Gasteiger partial charge on any atom is -0.436 e. The van der Waals surface area contributed by atoms with Gasteiger partial charge in [-0.3, -0.25) is 25.0 Å². The number of fused-ring (bicyclic) bond motifs is 1. The third-order valence-corrected chi connectivity index (χ3v) is 9.44. The summed E-state index contributed by atoms with van der Waals surface area (Å²) in [6.07, 6.45) is 0.911. The molecule has 16 nitrogen and oxygen atoms in total. The molecule has 3 aromatic carbocycles. The van der Waals surface area contributed by atoms with Gasteiger partial charge in [0.2, 0.25) is 5.91 Å².